The number of esters is 1. The summed E-state index contributed by atoms with van der Waals surface area (Å²) in [6.07, 6.45) is 0.947. The van der Waals surface area contributed by atoms with E-state index in [9.17, 15) is 14.4 Å². The van der Waals surface area contributed by atoms with Gasteiger partial charge in [0.1, 0.15) is 5.76 Å². The minimum atomic E-state index is -0.564. The van der Waals surface area contributed by atoms with Gasteiger partial charge in [-0.05, 0) is 30.9 Å². The highest BCUT2D eigenvalue weighted by molar-refractivity contribution is 8.00. The summed E-state index contributed by atoms with van der Waals surface area (Å²) < 4.78 is 9.82. The molecule has 0 radical (unpaired) electrons. The average molecular weight is 420 g/mol. The summed E-state index contributed by atoms with van der Waals surface area (Å²) in [7, 11) is 0. The van der Waals surface area contributed by atoms with Gasteiger partial charge in [-0.2, -0.15) is 0 Å². The predicted octanol–water partition coefficient (Wildman–Crippen LogP) is 3.35. The second-order valence-corrected chi connectivity index (χ2v) is 7.45. The van der Waals surface area contributed by atoms with E-state index in [1.807, 2.05) is 24.3 Å². The predicted molar refractivity (Wildman–Crippen MR) is 112 cm³/mol. The van der Waals surface area contributed by atoms with E-state index < -0.39 is 11.9 Å². The molecule has 9 heteroatoms. The molecule has 2 rings (SSSR count). The van der Waals surface area contributed by atoms with Gasteiger partial charge in [-0.1, -0.05) is 37.2 Å². The summed E-state index contributed by atoms with van der Waals surface area (Å²) in [5.74, 6) is -0.0548. The van der Waals surface area contributed by atoms with Crippen LogP contribution >= 0.6 is 11.8 Å². The Labute approximate surface area is 173 Å². The molecule has 0 spiro atoms. The van der Waals surface area contributed by atoms with Crippen LogP contribution < -0.4 is 10.6 Å². The van der Waals surface area contributed by atoms with Crippen molar-refractivity contribution in [3.8, 4) is 0 Å². The van der Waals surface area contributed by atoms with E-state index in [0.29, 0.717) is 17.5 Å². The molecule has 2 amide bonds. The van der Waals surface area contributed by atoms with Gasteiger partial charge in [-0.25, -0.2) is 0 Å². The van der Waals surface area contributed by atoms with E-state index in [-0.39, 0.29) is 24.0 Å². The summed E-state index contributed by atoms with van der Waals surface area (Å²) in [6.45, 7) is 5.50. The van der Waals surface area contributed by atoms with Crippen LogP contribution in [0, 0.1) is 6.92 Å². The number of benzene rings is 1. The number of anilines is 2. The van der Waals surface area contributed by atoms with Gasteiger partial charge in [0.15, 0.2) is 12.4 Å². The molecule has 0 aliphatic carbocycles. The highest BCUT2D eigenvalue weighted by atomic mass is 32.2. The first kappa shape index (κ1) is 22.5. The minimum Gasteiger partial charge on any atom is -0.455 e. The van der Waals surface area contributed by atoms with Crippen LogP contribution in [-0.2, 0) is 19.1 Å². The molecule has 1 aromatic heterocycles. The van der Waals surface area contributed by atoms with Crippen LogP contribution in [0.2, 0.25) is 0 Å². The van der Waals surface area contributed by atoms with E-state index in [4.69, 9.17) is 9.26 Å². The lowest BCUT2D eigenvalue weighted by atomic mass is 9.97. The van der Waals surface area contributed by atoms with Crippen LogP contribution in [-0.4, -0.2) is 41.1 Å². The monoisotopic (exact) mass is 419 g/mol. The first-order valence-corrected chi connectivity index (χ1v) is 10.4. The first-order chi connectivity index (χ1) is 13.9. The molecule has 0 saturated heterocycles. The lowest BCUT2D eigenvalue weighted by molar-refractivity contribution is -0.144. The molecule has 0 fully saturated rings. The maximum Gasteiger partial charge on any atom is 0.316 e. The van der Waals surface area contributed by atoms with Crippen LogP contribution in [0.3, 0.4) is 0 Å². The number of para-hydroxylation sites is 1. The van der Waals surface area contributed by atoms with Crippen LogP contribution in [0.5, 0.6) is 0 Å². The van der Waals surface area contributed by atoms with Gasteiger partial charge in [0, 0.05) is 11.8 Å². The summed E-state index contributed by atoms with van der Waals surface area (Å²) in [5.41, 5.74) is 1.76. The number of hydrogen-bond acceptors (Lipinski definition) is 7. The Balaban J connectivity index is 1.68. The minimum absolute atomic E-state index is 0.0397. The Bertz CT molecular complexity index is 852. The molecule has 0 saturated carbocycles. The zero-order valence-electron chi connectivity index (χ0n) is 16.7. The van der Waals surface area contributed by atoms with Gasteiger partial charge >= 0.3 is 5.97 Å². The number of aromatic nitrogens is 1. The lowest BCUT2D eigenvalue weighted by Gasteiger charge is -2.15. The van der Waals surface area contributed by atoms with E-state index >= 15 is 0 Å². The molecule has 2 aromatic rings. The third kappa shape index (κ3) is 7.61. The van der Waals surface area contributed by atoms with E-state index in [1.165, 1.54) is 0 Å². The molecular formula is C20H25N3O5S. The molecule has 156 valence electrons. The molecule has 0 bridgehead atoms. The largest absolute Gasteiger partial charge is 0.455 e. The number of nitrogens with zero attached hydrogens (tertiary/aromatic N) is 1. The first-order valence-electron chi connectivity index (χ1n) is 9.24. The van der Waals surface area contributed by atoms with Gasteiger partial charge in [0.25, 0.3) is 5.91 Å². The van der Waals surface area contributed by atoms with Crippen molar-refractivity contribution in [3.05, 3.63) is 41.7 Å². The third-order valence-electron chi connectivity index (χ3n) is 4.09. The van der Waals surface area contributed by atoms with Crippen LogP contribution in [0.4, 0.5) is 11.5 Å². The summed E-state index contributed by atoms with van der Waals surface area (Å²) in [4.78, 5) is 35.6. The molecule has 0 aliphatic rings. The average Bonchev–Trinajstić information content (AvgIpc) is 3.10. The van der Waals surface area contributed by atoms with Crippen molar-refractivity contribution in [2.75, 3.05) is 28.7 Å². The summed E-state index contributed by atoms with van der Waals surface area (Å²) in [6, 6.07) is 9.16. The Kier molecular flexibility index (Phi) is 8.72. The number of ether oxygens (including phenoxy) is 1. The quantitative estimate of drug-likeness (QED) is 0.568. The number of carbonyl (C=O) groups is 3. The van der Waals surface area contributed by atoms with Crippen molar-refractivity contribution < 1.29 is 23.6 Å². The van der Waals surface area contributed by atoms with E-state index in [2.05, 4.69) is 29.6 Å². The summed E-state index contributed by atoms with van der Waals surface area (Å²) >= 11 is 1.08. The summed E-state index contributed by atoms with van der Waals surface area (Å²) in [5, 5.41) is 8.99. The zero-order chi connectivity index (χ0) is 21.2. The fourth-order valence-electron chi connectivity index (χ4n) is 2.47. The molecule has 8 nitrogen and oxygen atoms in total. The van der Waals surface area contributed by atoms with Gasteiger partial charge in [0.05, 0.1) is 11.5 Å². The third-order valence-corrected chi connectivity index (χ3v) is 5.00. The highest BCUT2D eigenvalue weighted by Gasteiger charge is 2.13. The molecule has 2 N–H and O–H groups in total. The van der Waals surface area contributed by atoms with Crippen molar-refractivity contribution >= 4 is 41.1 Å². The van der Waals surface area contributed by atoms with Gasteiger partial charge < -0.3 is 19.9 Å². The second-order valence-electron chi connectivity index (χ2n) is 6.47. The molecule has 29 heavy (non-hydrogen) atoms. The maximum absolute atomic E-state index is 12.1. The van der Waals surface area contributed by atoms with E-state index in [1.54, 1.807) is 13.0 Å². The Morgan fingerprint density at radius 1 is 1.17 bits per heavy atom. The van der Waals surface area contributed by atoms with Gasteiger partial charge in [-0.15, -0.1) is 11.8 Å². The standard InChI is InChI=1S/C20H25N3O5S/c1-4-13(2)15-7-5-6-8-16(15)21-18(24)10-27-20(26)12-29-11-19(25)22-17-9-14(3)28-23-17/h5-9,13H,4,10-12H2,1-3H3,(H,21,24)(H,22,23,25)/t13-/m0/s1. The van der Waals surface area contributed by atoms with Crippen molar-refractivity contribution in [3.63, 3.8) is 0 Å². The van der Waals surface area contributed by atoms with Crippen molar-refractivity contribution in [2.45, 2.75) is 33.1 Å². The normalized spacial score (nSPS) is 11.6. The smallest absolute Gasteiger partial charge is 0.316 e. The number of rotatable bonds is 10. The zero-order valence-corrected chi connectivity index (χ0v) is 17.5. The number of hydrogen-bond donors (Lipinski definition) is 2. The Hall–Kier alpha value is -2.81. The number of nitrogens with one attached hydrogen (secondary N) is 2. The lowest BCUT2D eigenvalue weighted by Crippen LogP contribution is -2.23. The SMILES string of the molecule is CC[C@H](C)c1ccccc1NC(=O)COC(=O)CSCC(=O)Nc1cc(C)on1. The molecule has 1 aromatic carbocycles. The van der Waals surface area contributed by atoms with Crippen LogP contribution in [0.15, 0.2) is 34.9 Å². The number of thioether (sulfide) groups is 1. The number of carbonyl (C=O) groups excluding carboxylic acids is 3. The fraction of sp³-hybridized carbons (Fsp3) is 0.400. The van der Waals surface area contributed by atoms with Gasteiger partial charge in [0.2, 0.25) is 5.91 Å². The van der Waals surface area contributed by atoms with Gasteiger partial charge in [-0.3, -0.25) is 14.4 Å². The Morgan fingerprint density at radius 2 is 1.93 bits per heavy atom. The molecule has 1 atom stereocenters. The maximum atomic E-state index is 12.1. The molecule has 1 heterocycles. The van der Waals surface area contributed by atoms with E-state index in [0.717, 1.165) is 29.4 Å². The topological polar surface area (TPSA) is 111 Å². The van der Waals surface area contributed by atoms with Crippen molar-refractivity contribution in [2.24, 2.45) is 0 Å². The highest BCUT2D eigenvalue weighted by Crippen LogP contribution is 2.26. The molecular weight excluding hydrogens is 394 g/mol. The Morgan fingerprint density at radius 3 is 2.62 bits per heavy atom. The van der Waals surface area contributed by atoms with Crippen molar-refractivity contribution in [1.82, 2.24) is 5.16 Å². The second kappa shape index (κ2) is 11.3. The van der Waals surface area contributed by atoms with Crippen LogP contribution in [0.1, 0.15) is 37.5 Å². The number of amides is 2. The fourth-order valence-corrected chi connectivity index (χ4v) is 3.08. The molecule has 0 aliphatic heterocycles. The molecule has 0 unspecified atom stereocenters. The van der Waals surface area contributed by atoms with Crippen LogP contribution in [0.25, 0.3) is 0 Å². The number of aryl methyl sites for hydroxylation is 1. The van der Waals surface area contributed by atoms with Crippen molar-refractivity contribution in [1.29, 1.82) is 0 Å².